The Morgan fingerprint density at radius 3 is 2.67 bits per heavy atom. The highest BCUT2D eigenvalue weighted by atomic mass is 127. The number of rotatable bonds is 1. The SMILES string of the molecule is Cc1nn(-c2ccc(I)cc2)c2c1C(=O)CCC2. The van der Waals surface area contributed by atoms with E-state index >= 15 is 0 Å². The fourth-order valence-electron chi connectivity index (χ4n) is 2.51. The van der Waals surface area contributed by atoms with Crippen LogP contribution in [-0.4, -0.2) is 15.6 Å². The molecule has 0 spiro atoms. The molecule has 18 heavy (non-hydrogen) atoms. The molecule has 1 aromatic carbocycles. The highest BCUT2D eigenvalue weighted by molar-refractivity contribution is 14.1. The van der Waals surface area contributed by atoms with Crippen molar-refractivity contribution in [1.82, 2.24) is 9.78 Å². The van der Waals surface area contributed by atoms with Crippen LogP contribution in [0.3, 0.4) is 0 Å². The van der Waals surface area contributed by atoms with E-state index in [0.29, 0.717) is 6.42 Å². The van der Waals surface area contributed by atoms with E-state index in [1.807, 2.05) is 23.7 Å². The van der Waals surface area contributed by atoms with Crippen LogP contribution < -0.4 is 0 Å². The van der Waals surface area contributed by atoms with E-state index in [1.165, 1.54) is 3.57 Å². The third-order valence-corrected chi connectivity index (χ3v) is 4.04. The predicted octanol–water partition coefficient (Wildman–Crippen LogP) is 3.30. The Hall–Kier alpha value is -1.17. The van der Waals surface area contributed by atoms with Crippen molar-refractivity contribution in [1.29, 1.82) is 0 Å². The standard InChI is InChI=1S/C14H13IN2O/c1-9-14-12(3-2-4-13(14)18)17(16-9)11-7-5-10(15)6-8-11/h5-8H,2-4H2,1H3. The zero-order valence-electron chi connectivity index (χ0n) is 10.1. The monoisotopic (exact) mass is 352 g/mol. The molecule has 0 fully saturated rings. The van der Waals surface area contributed by atoms with Crippen LogP contribution in [0.5, 0.6) is 0 Å². The van der Waals surface area contributed by atoms with Crippen molar-refractivity contribution in [3.63, 3.8) is 0 Å². The number of halogens is 1. The van der Waals surface area contributed by atoms with E-state index in [2.05, 4.69) is 39.8 Å². The van der Waals surface area contributed by atoms with Gasteiger partial charge in [0.1, 0.15) is 0 Å². The predicted molar refractivity (Wildman–Crippen MR) is 78.3 cm³/mol. The Morgan fingerprint density at radius 1 is 1.22 bits per heavy atom. The zero-order valence-corrected chi connectivity index (χ0v) is 12.3. The maximum absolute atomic E-state index is 12.0. The van der Waals surface area contributed by atoms with E-state index in [0.717, 1.165) is 35.5 Å². The van der Waals surface area contributed by atoms with Gasteiger partial charge in [0.05, 0.1) is 22.6 Å². The van der Waals surface area contributed by atoms with Gasteiger partial charge in [-0.3, -0.25) is 4.79 Å². The Morgan fingerprint density at radius 2 is 1.94 bits per heavy atom. The fraction of sp³-hybridized carbons (Fsp3) is 0.286. The summed E-state index contributed by atoms with van der Waals surface area (Å²) < 4.78 is 3.13. The summed E-state index contributed by atoms with van der Waals surface area (Å²) in [5.74, 6) is 0.241. The molecule has 2 aromatic rings. The van der Waals surface area contributed by atoms with Crippen molar-refractivity contribution >= 4 is 28.4 Å². The lowest BCUT2D eigenvalue weighted by Gasteiger charge is -2.13. The van der Waals surface area contributed by atoms with Gasteiger partial charge in [-0.1, -0.05) is 0 Å². The number of nitrogens with zero attached hydrogens (tertiary/aromatic N) is 2. The van der Waals surface area contributed by atoms with Gasteiger partial charge in [0, 0.05) is 9.99 Å². The Balaban J connectivity index is 2.16. The summed E-state index contributed by atoms with van der Waals surface area (Å²) in [6.07, 6.45) is 2.53. The van der Waals surface area contributed by atoms with Gasteiger partial charge in [-0.15, -0.1) is 0 Å². The molecule has 0 atom stereocenters. The normalized spacial score (nSPS) is 14.7. The number of hydrogen-bond acceptors (Lipinski definition) is 2. The molecule has 92 valence electrons. The van der Waals surface area contributed by atoms with Crippen LogP contribution in [0, 0.1) is 10.5 Å². The smallest absolute Gasteiger partial charge is 0.166 e. The van der Waals surface area contributed by atoms with E-state index in [9.17, 15) is 4.79 Å². The third kappa shape index (κ3) is 1.88. The summed E-state index contributed by atoms with van der Waals surface area (Å²) in [7, 11) is 0. The third-order valence-electron chi connectivity index (χ3n) is 3.32. The molecule has 1 heterocycles. The number of benzene rings is 1. The lowest BCUT2D eigenvalue weighted by atomic mass is 9.95. The summed E-state index contributed by atoms with van der Waals surface area (Å²) in [6, 6.07) is 8.22. The number of fused-ring (bicyclic) bond motifs is 1. The van der Waals surface area contributed by atoms with Crippen LogP contribution in [-0.2, 0) is 6.42 Å². The molecule has 0 aliphatic heterocycles. The molecule has 3 rings (SSSR count). The minimum atomic E-state index is 0.241. The van der Waals surface area contributed by atoms with E-state index in [4.69, 9.17) is 0 Å². The molecule has 1 aromatic heterocycles. The molecule has 4 heteroatoms. The Kier molecular flexibility index (Phi) is 2.97. The second-order valence-electron chi connectivity index (χ2n) is 4.57. The van der Waals surface area contributed by atoms with Crippen molar-refractivity contribution < 1.29 is 4.79 Å². The number of carbonyl (C=O) groups excluding carboxylic acids is 1. The molecule has 0 unspecified atom stereocenters. The highest BCUT2D eigenvalue weighted by Gasteiger charge is 2.25. The first-order valence-corrected chi connectivity index (χ1v) is 7.12. The average molecular weight is 352 g/mol. The van der Waals surface area contributed by atoms with Crippen LogP contribution in [0.15, 0.2) is 24.3 Å². The van der Waals surface area contributed by atoms with Crippen molar-refractivity contribution in [2.24, 2.45) is 0 Å². The molecule has 0 saturated carbocycles. The van der Waals surface area contributed by atoms with E-state index < -0.39 is 0 Å². The average Bonchev–Trinajstić information content (AvgIpc) is 2.69. The molecule has 0 radical (unpaired) electrons. The quantitative estimate of drug-likeness (QED) is 0.739. The second-order valence-corrected chi connectivity index (χ2v) is 5.82. The number of aromatic nitrogens is 2. The highest BCUT2D eigenvalue weighted by Crippen LogP contribution is 2.26. The second kappa shape index (κ2) is 4.50. The van der Waals surface area contributed by atoms with Gasteiger partial charge in [0.25, 0.3) is 0 Å². The lowest BCUT2D eigenvalue weighted by Crippen LogP contribution is -2.13. The Bertz CT molecular complexity index is 613. The molecule has 0 amide bonds. The summed E-state index contributed by atoms with van der Waals surface area (Å²) in [5, 5.41) is 4.54. The number of carbonyl (C=O) groups is 1. The Labute approximate surface area is 119 Å². The van der Waals surface area contributed by atoms with E-state index in [-0.39, 0.29) is 5.78 Å². The largest absolute Gasteiger partial charge is 0.294 e. The summed E-state index contributed by atoms with van der Waals surface area (Å²) in [6.45, 7) is 1.92. The van der Waals surface area contributed by atoms with Gasteiger partial charge in [-0.2, -0.15) is 5.10 Å². The van der Waals surface area contributed by atoms with Crippen molar-refractivity contribution in [2.45, 2.75) is 26.2 Å². The topological polar surface area (TPSA) is 34.9 Å². The van der Waals surface area contributed by atoms with Crippen molar-refractivity contribution in [3.8, 4) is 5.69 Å². The molecule has 1 aliphatic rings. The van der Waals surface area contributed by atoms with Crippen molar-refractivity contribution in [3.05, 3.63) is 44.8 Å². The molecule has 3 nitrogen and oxygen atoms in total. The van der Waals surface area contributed by atoms with Crippen LogP contribution in [0.2, 0.25) is 0 Å². The fourth-order valence-corrected chi connectivity index (χ4v) is 2.87. The molecular weight excluding hydrogens is 339 g/mol. The van der Waals surface area contributed by atoms with Crippen LogP contribution in [0.25, 0.3) is 5.69 Å². The number of aryl methyl sites for hydroxylation is 1. The molecule has 0 N–H and O–H groups in total. The van der Waals surface area contributed by atoms with Gasteiger partial charge in [-0.05, 0) is 66.6 Å². The zero-order chi connectivity index (χ0) is 12.7. The van der Waals surface area contributed by atoms with E-state index in [1.54, 1.807) is 0 Å². The van der Waals surface area contributed by atoms with Crippen LogP contribution in [0.4, 0.5) is 0 Å². The minimum absolute atomic E-state index is 0.241. The first-order valence-electron chi connectivity index (χ1n) is 6.04. The minimum Gasteiger partial charge on any atom is -0.294 e. The molecule has 0 saturated heterocycles. The van der Waals surface area contributed by atoms with Crippen LogP contribution in [0.1, 0.15) is 34.6 Å². The lowest BCUT2D eigenvalue weighted by molar-refractivity contribution is 0.0971. The maximum atomic E-state index is 12.0. The van der Waals surface area contributed by atoms with Crippen LogP contribution >= 0.6 is 22.6 Å². The summed E-state index contributed by atoms with van der Waals surface area (Å²) >= 11 is 2.28. The first-order chi connectivity index (χ1) is 8.66. The number of hydrogen-bond donors (Lipinski definition) is 0. The first kappa shape index (κ1) is 11.9. The van der Waals surface area contributed by atoms with Crippen molar-refractivity contribution in [2.75, 3.05) is 0 Å². The molecule has 1 aliphatic carbocycles. The summed E-state index contributed by atoms with van der Waals surface area (Å²) in [5.41, 5.74) is 3.81. The van der Waals surface area contributed by atoms with Gasteiger partial charge < -0.3 is 0 Å². The summed E-state index contributed by atoms with van der Waals surface area (Å²) in [4.78, 5) is 12.0. The molecule has 0 bridgehead atoms. The van der Waals surface area contributed by atoms with Gasteiger partial charge in [0.2, 0.25) is 0 Å². The van der Waals surface area contributed by atoms with Gasteiger partial charge in [-0.25, -0.2) is 4.68 Å². The maximum Gasteiger partial charge on any atom is 0.166 e. The molecular formula is C14H13IN2O. The van der Waals surface area contributed by atoms with Gasteiger partial charge in [0.15, 0.2) is 5.78 Å². The number of Topliss-reactive ketones (excluding diaryl/α,β-unsaturated/α-hetero) is 1. The number of ketones is 1. The van der Waals surface area contributed by atoms with Gasteiger partial charge >= 0.3 is 0 Å².